The second-order valence-electron chi connectivity index (χ2n) is 16.8. The van der Waals surface area contributed by atoms with Crippen LogP contribution in [0.4, 0.5) is 4.79 Å². The molecule has 0 spiro atoms. The van der Waals surface area contributed by atoms with Crippen LogP contribution in [0, 0.1) is 12.8 Å². The minimum absolute atomic E-state index is 0.00556. The number of hydrogen-bond donors (Lipinski definition) is 3. The number of nitrogens with one attached hydrogen (secondary N) is 3. The fourth-order valence-electron chi connectivity index (χ4n) is 7.80. The zero-order chi connectivity index (χ0) is 41.0. The van der Waals surface area contributed by atoms with E-state index in [4.69, 9.17) is 23.9 Å². The van der Waals surface area contributed by atoms with Crippen LogP contribution in [0.5, 0.6) is 5.88 Å². The Morgan fingerprint density at radius 3 is 2.60 bits per heavy atom. The molecule has 5 atom stereocenters. The van der Waals surface area contributed by atoms with Crippen molar-refractivity contribution in [1.82, 2.24) is 30.2 Å². The minimum Gasteiger partial charge on any atom is -0.470 e. The highest BCUT2D eigenvalue weighted by atomic mass is 32.2. The fourth-order valence-corrected chi connectivity index (χ4v) is 10.0. The average molecular weight is 833 g/mol. The van der Waals surface area contributed by atoms with E-state index in [9.17, 15) is 27.6 Å². The molecule has 3 fully saturated rings. The van der Waals surface area contributed by atoms with Gasteiger partial charge < -0.3 is 29.4 Å². The van der Waals surface area contributed by atoms with Gasteiger partial charge >= 0.3 is 6.09 Å². The third-order valence-corrected chi connectivity index (χ3v) is 13.9. The van der Waals surface area contributed by atoms with Crippen molar-refractivity contribution in [2.45, 2.75) is 120 Å². The molecule has 1 aromatic carbocycles. The number of para-hydroxylation sites is 1. The molecule has 2 saturated carbocycles. The van der Waals surface area contributed by atoms with Gasteiger partial charge in [0.05, 0.1) is 16.7 Å². The molecule has 308 valence electrons. The molecule has 0 bridgehead atoms. The van der Waals surface area contributed by atoms with Gasteiger partial charge in [-0.15, -0.1) is 11.3 Å². The molecule has 3 N–H and O–H groups in total. The molecule has 58 heavy (non-hydrogen) atoms. The monoisotopic (exact) mass is 832 g/mol. The molecular weight excluding hydrogens is 785 g/mol. The lowest BCUT2D eigenvalue weighted by molar-refractivity contribution is -0.141. The Labute approximate surface area is 340 Å². The largest absolute Gasteiger partial charge is 0.470 e. The Kier molecular flexibility index (Phi) is 10.5. The highest BCUT2D eigenvalue weighted by Crippen LogP contribution is 2.46. The Hall–Kier alpha value is -5.03. The lowest BCUT2D eigenvalue weighted by atomic mass is 10.0. The topological polar surface area (TPSA) is 199 Å². The summed E-state index contributed by atoms with van der Waals surface area (Å²) in [5.41, 5.74) is 0.0749. The average Bonchev–Trinajstić information content (AvgIpc) is 4.00. The van der Waals surface area contributed by atoms with E-state index in [0.29, 0.717) is 54.6 Å². The van der Waals surface area contributed by atoms with Crippen molar-refractivity contribution in [2.75, 3.05) is 6.54 Å². The van der Waals surface area contributed by atoms with Crippen molar-refractivity contribution < 1.29 is 41.5 Å². The molecule has 0 unspecified atom stereocenters. The summed E-state index contributed by atoms with van der Waals surface area (Å²) in [6, 6.07) is 7.25. The molecule has 0 radical (unpaired) electrons. The molecule has 2 aliphatic heterocycles. The van der Waals surface area contributed by atoms with Gasteiger partial charge in [0.1, 0.15) is 40.4 Å². The van der Waals surface area contributed by atoms with Crippen LogP contribution in [0.15, 0.2) is 52.3 Å². The van der Waals surface area contributed by atoms with Crippen molar-refractivity contribution in [1.29, 1.82) is 0 Å². The number of furan rings is 1. The first-order valence-corrected chi connectivity index (χ1v) is 22.3. The Bertz CT molecular complexity index is 2420. The number of sulfonamides is 1. The van der Waals surface area contributed by atoms with Gasteiger partial charge in [-0.05, 0) is 95.4 Å². The van der Waals surface area contributed by atoms with Crippen molar-refractivity contribution in [3.05, 3.63) is 53.4 Å². The zero-order valence-electron chi connectivity index (χ0n) is 32.9. The Morgan fingerprint density at radius 1 is 1.07 bits per heavy atom. The summed E-state index contributed by atoms with van der Waals surface area (Å²) in [5.74, 6) is -1.83. The smallest absolute Gasteiger partial charge is 0.408 e. The number of nitrogens with zero attached hydrogens (tertiary/aromatic N) is 3. The first-order chi connectivity index (χ1) is 27.6. The lowest BCUT2D eigenvalue weighted by Crippen LogP contribution is -2.58. The van der Waals surface area contributed by atoms with E-state index in [2.05, 4.69) is 15.4 Å². The third-order valence-electron chi connectivity index (χ3n) is 11.1. The van der Waals surface area contributed by atoms with Crippen LogP contribution in [0.3, 0.4) is 0 Å². The van der Waals surface area contributed by atoms with Crippen molar-refractivity contribution in [3.63, 3.8) is 0 Å². The molecular formula is C41H48N6O9S2. The Morgan fingerprint density at radius 2 is 1.86 bits per heavy atom. The van der Waals surface area contributed by atoms with Gasteiger partial charge in [-0.3, -0.25) is 19.1 Å². The number of fused-ring (bicyclic) bond motifs is 5. The highest BCUT2D eigenvalue weighted by Gasteiger charge is 2.62. The highest BCUT2D eigenvalue weighted by molar-refractivity contribution is 7.91. The van der Waals surface area contributed by atoms with E-state index in [0.717, 1.165) is 28.7 Å². The number of thiophene rings is 1. The number of aromatic nitrogens is 2. The van der Waals surface area contributed by atoms with E-state index < -0.39 is 74.3 Å². The number of amides is 4. The molecule has 3 aromatic heterocycles. The number of benzene rings is 1. The number of rotatable bonds is 7. The normalized spacial score (nSPS) is 25.6. The van der Waals surface area contributed by atoms with Crippen LogP contribution >= 0.6 is 11.3 Å². The maximum absolute atomic E-state index is 14.7. The van der Waals surface area contributed by atoms with E-state index in [-0.39, 0.29) is 25.3 Å². The first-order valence-electron chi connectivity index (χ1n) is 19.9. The first kappa shape index (κ1) is 39.8. The van der Waals surface area contributed by atoms with Crippen LogP contribution in [0.25, 0.3) is 32.8 Å². The second kappa shape index (κ2) is 15.3. The summed E-state index contributed by atoms with van der Waals surface area (Å²) in [4.78, 5) is 68.1. The number of ether oxygens (including phenoxy) is 2. The van der Waals surface area contributed by atoms with E-state index in [1.54, 1.807) is 20.8 Å². The van der Waals surface area contributed by atoms with Crippen molar-refractivity contribution in [3.8, 4) is 16.6 Å². The number of hydrogen-bond acceptors (Lipinski definition) is 12. The predicted octanol–water partition coefficient (Wildman–Crippen LogP) is 5.66. The van der Waals surface area contributed by atoms with Gasteiger partial charge in [-0.25, -0.2) is 18.2 Å². The number of alkyl carbamates (subject to hydrolysis) is 1. The predicted molar refractivity (Wildman–Crippen MR) is 216 cm³/mol. The molecule has 17 heteroatoms. The van der Waals surface area contributed by atoms with Gasteiger partial charge in [0.15, 0.2) is 5.82 Å². The van der Waals surface area contributed by atoms with E-state index >= 15 is 0 Å². The molecule has 1 saturated heterocycles. The van der Waals surface area contributed by atoms with Crippen molar-refractivity contribution >= 4 is 67.2 Å². The summed E-state index contributed by atoms with van der Waals surface area (Å²) in [5, 5.41) is 7.73. The zero-order valence-corrected chi connectivity index (χ0v) is 34.5. The summed E-state index contributed by atoms with van der Waals surface area (Å²) < 4.78 is 46.5. The summed E-state index contributed by atoms with van der Waals surface area (Å²) in [6.45, 7) is 7.08. The molecule has 4 amide bonds. The number of aryl methyl sites for hydroxylation is 1. The SMILES string of the molecule is Cc1ccsc1-c1nc(O[C@@H]2C[C@H]3C(=O)N[C@]4(C(=O)NS(=O)(=O)C5CC5)C[C@H]4C=CCCCCC[C@H](NC(=O)OC(C)(C)C)C(=O)N3C2)c2oc3ccccc3c2n1. The van der Waals surface area contributed by atoms with Crippen LogP contribution in [0.2, 0.25) is 0 Å². The standard InChI is InChI=1S/C41H48N6O9S2/c1-23-18-19-57-33(23)34-43-31-27-13-10-11-15-30(27)55-32(31)36(44-34)54-25-20-29-35(48)45-41(38(50)46-58(52,53)26-16-17-26)21-24(41)12-8-6-5-7-9-14-28(37(49)47(29)22-25)42-39(51)56-40(2,3)4/h8,10-13,15,18-19,24-26,28-29H,5-7,9,14,16-17,20-22H2,1-4H3,(H,42,51)(H,45,48)(H,46,50)/t24-,25-,28+,29+,41-/m1/s1. The van der Waals surface area contributed by atoms with E-state index in [1.165, 1.54) is 16.2 Å². The van der Waals surface area contributed by atoms with Crippen LogP contribution < -0.4 is 20.1 Å². The molecule has 15 nitrogen and oxygen atoms in total. The van der Waals surface area contributed by atoms with Gasteiger partial charge in [0.2, 0.25) is 27.4 Å². The lowest BCUT2D eigenvalue weighted by Gasteiger charge is -2.30. The summed E-state index contributed by atoms with van der Waals surface area (Å²) in [7, 11) is -3.91. The Balaban J connectivity index is 1.15. The number of allylic oxidation sites excluding steroid dienone is 1. The van der Waals surface area contributed by atoms with E-state index in [1.807, 2.05) is 54.8 Å². The van der Waals surface area contributed by atoms with Crippen LogP contribution in [-0.2, 0) is 29.1 Å². The fraction of sp³-hybridized carbons (Fsp3) is 0.512. The van der Waals surface area contributed by atoms with Gasteiger partial charge in [-0.2, -0.15) is 4.98 Å². The molecule has 2 aliphatic carbocycles. The molecule has 4 aliphatic rings. The van der Waals surface area contributed by atoms with Crippen LogP contribution in [-0.4, -0.2) is 88.2 Å². The van der Waals surface area contributed by atoms with Crippen molar-refractivity contribution in [2.24, 2.45) is 5.92 Å². The van der Waals surface area contributed by atoms with Gasteiger partial charge in [0.25, 0.3) is 11.8 Å². The van der Waals surface area contributed by atoms with Crippen LogP contribution in [0.1, 0.15) is 84.1 Å². The maximum atomic E-state index is 14.7. The van der Waals surface area contributed by atoms with Gasteiger partial charge in [-0.1, -0.05) is 37.1 Å². The molecule has 8 rings (SSSR count). The summed E-state index contributed by atoms with van der Waals surface area (Å²) in [6.07, 6.45) is 6.48. The molecule has 5 heterocycles. The maximum Gasteiger partial charge on any atom is 0.408 e. The minimum atomic E-state index is -3.91. The second-order valence-corrected chi connectivity index (χ2v) is 19.6. The van der Waals surface area contributed by atoms with Gasteiger partial charge in [0, 0.05) is 17.7 Å². The number of carbonyl (C=O) groups is 4. The third kappa shape index (κ3) is 8.15. The number of carbonyl (C=O) groups excluding carboxylic acids is 4. The molecule has 4 aromatic rings. The summed E-state index contributed by atoms with van der Waals surface area (Å²) >= 11 is 1.49. The quantitative estimate of drug-likeness (QED) is 0.194.